The lowest BCUT2D eigenvalue weighted by Gasteiger charge is -2.11. The van der Waals surface area contributed by atoms with Crippen molar-refractivity contribution in [3.63, 3.8) is 0 Å². The van der Waals surface area contributed by atoms with Gasteiger partial charge in [0.2, 0.25) is 0 Å². The highest BCUT2D eigenvalue weighted by molar-refractivity contribution is 7.92. The van der Waals surface area contributed by atoms with Gasteiger partial charge < -0.3 is 5.11 Å². The second-order valence-corrected chi connectivity index (χ2v) is 6.46. The third-order valence-electron chi connectivity index (χ3n) is 3.10. The van der Waals surface area contributed by atoms with Gasteiger partial charge in [-0.15, -0.1) is 0 Å². The zero-order chi connectivity index (χ0) is 11.8. The Kier molecular flexibility index (Phi) is 2.88. The molecule has 0 bridgehead atoms. The maximum Gasteiger partial charge on any atom is 0.182 e. The maximum atomic E-state index is 12.1. The number of hydrogen-bond donors (Lipinski definition) is 1. The first-order valence-corrected chi connectivity index (χ1v) is 6.96. The van der Waals surface area contributed by atoms with Crippen LogP contribution in [0.3, 0.4) is 0 Å². The Morgan fingerprint density at radius 1 is 1.38 bits per heavy atom. The fourth-order valence-electron chi connectivity index (χ4n) is 2.05. The molecule has 0 aliphatic heterocycles. The summed E-state index contributed by atoms with van der Waals surface area (Å²) < 4.78 is 24.3. The van der Waals surface area contributed by atoms with Crippen molar-refractivity contribution < 1.29 is 13.5 Å². The van der Waals surface area contributed by atoms with Crippen LogP contribution in [0.1, 0.15) is 31.4 Å². The van der Waals surface area contributed by atoms with Crippen molar-refractivity contribution in [1.82, 2.24) is 4.98 Å². The van der Waals surface area contributed by atoms with Crippen molar-refractivity contribution >= 4 is 9.84 Å². The Morgan fingerprint density at radius 3 is 2.56 bits per heavy atom. The molecule has 1 aromatic rings. The quantitative estimate of drug-likeness (QED) is 0.857. The molecule has 1 N–H and O–H groups in total. The van der Waals surface area contributed by atoms with E-state index in [2.05, 4.69) is 4.98 Å². The Bertz CT molecular complexity index is 490. The number of sulfone groups is 1. The smallest absolute Gasteiger partial charge is 0.182 e. The zero-order valence-electron chi connectivity index (χ0n) is 9.18. The van der Waals surface area contributed by atoms with Crippen molar-refractivity contribution in [3.05, 3.63) is 18.0 Å². The summed E-state index contributed by atoms with van der Waals surface area (Å²) in [5.41, 5.74) is 0.449. The normalized spacial score (nSPS) is 17.8. The van der Waals surface area contributed by atoms with Crippen LogP contribution >= 0.6 is 0 Å². The largest absolute Gasteiger partial charge is 0.506 e. The summed E-state index contributed by atoms with van der Waals surface area (Å²) in [5, 5.41) is 9.18. The molecule has 16 heavy (non-hydrogen) atoms. The highest BCUT2D eigenvalue weighted by Crippen LogP contribution is 2.30. The third kappa shape index (κ3) is 1.91. The summed E-state index contributed by atoms with van der Waals surface area (Å²) in [6.07, 6.45) is 4.71. The Hall–Kier alpha value is -1.10. The van der Waals surface area contributed by atoms with Crippen LogP contribution in [0.4, 0.5) is 0 Å². The molecular weight excluding hydrogens is 226 g/mol. The lowest BCUT2D eigenvalue weighted by Crippen LogP contribution is -2.18. The molecule has 2 rings (SSSR count). The molecule has 0 aromatic carbocycles. The van der Waals surface area contributed by atoms with Gasteiger partial charge >= 0.3 is 0 Å². The van der Waals surface area contributed by atoms with Crippen LogP contribution in [0.5, 0.6) is 5.75 Å². The fraction of sp³-hybridized carbons (Fsp3) is 0.545. The SMILES string of the molecule is Cc1ncc(S(=O)(=O)C2CCCC2)cc1O. The van der Waals surface area contributed by atoms with Crippen molar-refractivity contribution in [3.8, 4) is 5.75 Å². The van der Waals surface area contributed by atoms with Crippen molar-refractivity contribution in [2.45, 2.75) is 42.8 Å². The summed E-state index contributed by atoms with van der Waals surface area (Å²) >= 11 is 0. The second-order valence-electron chi connectivity index (χ2n) is 4.23. The molecule has 1 aromatic heterocycles. The molecule has 5 heteroatoms. The summed E-state index contributed by atoms with van der Waals surface area (Å²) in [6.45, 7) is 1.64. The molecule has 0 spiro atoms. The minimum absolute atomic E-state index is 0.0564. The minimum Gasteiger partial charge on any atom is -0.506 e. The van der Waals surface area contributed by atoms with Crippen LogP contribution in [0.25, 0.3) is 0 Å². The topological polar surface area (TPSA) is 67.3 Å². The number of nitrogens with zero attached hydrogens (tertiary/aromatic N) is 1. The van der Waals surface area contributed by atoms with Gasteiger partial charge in [-0.25, -0.2) is 8.42 Å². The Morgan fingerprint density at radius 2 is 2.00 bits per heavy atom. The minimum atomic E-state index is -3.30. The molecule has 0 amide bonds. The number of pyridine rings is 1. The standard InChI is InChI=1S/C11H15NO3S/c1-8-11(13)6-10(7-12-8)16(14,15)9-4-2-3-5-9/h6-7,9,13H,2-5H2,1H3. The third-order valence-corrected chi connectivity index (χ3v) is 5.33. The highest BCUT2D eigenvalue weighted by atomic mass is 32.2. The molecule has 88 valence electrons. The van der Waals surface area contributed by atoms with Gasteiger partial charge in [-0.2, -0.15) is 0 Å². The average molecular weight is 241 g/mol. The van der Waals surface area contributed by atoms with Crippen LogP contribution in [0, 0.1) is 6.92 Å². The summed E-state index contributed by atoms with van der Waals surface area (Å²) in [5.74, 6) is -0.0564. The van der Waals surface area contributed by atoms with Gasteiger partial charge in [0.1, 0.15) is 5.75 Å². The Balaban J connectivity index is 2.39. The monoisotopic (exact) mass is 241 g/mol. The summed E-state index contributed by atoms with van der Waals surface area (Å²) in [6, 6.07) is 1.30. The van der Waals surface area contributed by atoms with Gasteiger partial charge in [-0.1, -0.05) is 12.8 Å². The predicted molar refractivity (Wildman–Crippen MR) is 60.1 cm³/mol. The molecule has 1 heterocycles. The Labute approximate surface area is 95.3 Å². The molecular formula is C11H15NO3S. The highest BCUT2D eigenvalue weighted by Gasteiger charge is 2.30. The summed E-state index contributed by atoms with van der Waals surface area (Å²) in [7, 11) is -3.30. The average Bonchev–Trinajstić information content (AvgIpc) is 2.75. The first-order chi connectivity index (χ1) is 7.51. The van der Waals surface area contributed by atoms with E-state index >= 15 is 0 Å². The first-order valence-electron chi connectivity index (χ1n) is 5.41. The number of aromatic hydroxyl groups is 1. The van der Waals surface area contributed by atoms with Gasteiger partial charge in [0.15, 0.2) is 9.84 Å². The van der Waals surface area contributed by atoms with Gasteiger partial charge in [-0.3, -0.25) is 4.98 Å². The summed E-state index contributed by atoms with van der Waals surface area (Å²) in [4.78, 5) is 4.03. The molecule has 4 nitrogen and oxygen atoms in total. The van der Waals surface area contributed by atoms with Gasteiger partial charge in [-0.05, 0) is 19.8 Å². The van der Waals surface area contributed by atoms with Crippen molar-refractivity contribution in [2.75, 3.05) is 0 Å². The number of rotatable bonds is 2. The molecule has 0 unspecified atom stereocenters. The maximum absolute atomic E-state index is 12.1. The molecule has 0 saturated heterocycles. The number of aromatic nitrogens is 1. The molecule has 1 aliphatic rings. The van der Waals surface area contributed by atoms with E-state index < -0.39 is 9.84 Å². The van der Waals surface area contributed by atoms with Crippen molar-refractivity contribution in [1.29, 1.82) is 0 Å². The number of aryl methyl sites for hydroxylation is 1. The van der Waals surface area contributed by atoms with Crippen LogP contribution in [0.15, 0.2) is 17.2 Å². The molecule has 1 fully saturated rings. The van der Waals surface area contributed by atoms with Crippen LogP contribution in [-0.4, -0.2) is 23.8 Å². The van der Waals surface area contributed by atoms with Crippen molar-refractivity contribution in [2.24, 2.45) is 0 Å². The van der Waals surface area contributed by atoms with Gasteiger partial charge in [0.05, 0.1) is 15.8 Å². The second kappa shape index (κ2) is 4.05. The molecule has 0 radical (unpaired) electrons. The van der Waals surface area contributed by atoms with E-state index in [1.165, 1.54) is 12.3 Å². The number of hydrogen-bond acceptors (Lipinski definition) is 4. The molecule has 0 atom stereocenters. The first kappa shape index (κ1) is 11.4. The van der Waals surface area contributed by atoms with E-state index in [1.807, 2.05) is 0 Å². The van der Waals surface area contributed by atoms with Gasteiger partial charge in [0, 0.05) is 12.3 Å². The van der Waals surface area contributed by atoms with Crippen LogP contribution < -0.4 is 0 Å². The lowest BCUT2D eigenvalue weighted by atomic mass is 10.3. The lowest BCUT2D eigenvalue weighted by molar-refractivity contribution is 0.465. The van der Waals surface area contributed by atoms with Gasteiger partial charge in [0.25, 0.3) is 0 Å². The molecule has 1 saturated carbocycles. The fourth-order valence-corrected chi connectivity index (χ4v) is 3.86. The predicted octanol–water partition coefficient (Wildman–Crippen LogP) is 1.81. The van der Waals surface area contributed by atoms with E-state index in [0.717, 1.165) is 25.7 Å². The van der Waals surface area contributed by atoms with E-state index in [-0.39, 0.29) is 15.9 Å². The van der Waals surface area contributed by atoms with E-state index in [4.69, 9.17) is 0 Å². The van der Waals surface area contributed by atoms with Crippen LogP contribution in [-0.2, 0) is 9.84 Å². The van der Waals surface area contributed by atoms with E-state index in [9.17, 15) is 13.5 Å². The zero-order valence-corrected chi connectivity index (χ0v) is 10.00. The van der Waals surface area contributed by atoms with E-state index in [0.29, 0.717) is 5.69 Å². The molecule has 1 aliphatic carbocycles. The van der Waals surface area contributed by atoms with Crippen LogP contribution in [0.2, 0.25) is 0 Å². The van der Waals surface area contributed by atoms with E-state index in [1.54, 1.807) is 6.92 Å².